The van der Waals surface area contributed by atoms with Crippen LogP contribution in [0.5, 0.6) is 5.88 Å². The predicted octanol–water partition coefficient (Wildman–Crippen LogP) is 2.24. The third-order valence-electron chi connectivity index (χ3n) is 3.51. The highest BCUT2D eigenvalue weighted by Gasteiger charge is 2.20. The largest absolute Gasteiger partial charge is 0.481 e. The van der Waals surface area contributed by atoms with Gasteiger partial charge in [0.2, 0.25) is 5.88 Å². The molecule has 0 saturated heterocycles. The summed E-state index contributed by atoms with van der Waals surface area (Å²) in [6, 6.07) is 10.1. The third kappa shape index (κ3) is 2.21. The number of nitrogens with two attached hydrogens (primary N) is 1. The molecule has 0 radical (unpaired) electrons. The Morgan fingerprint density at radius 2 is 2.26 bits per heavy atom. The molecular formula is C15H17N3O. The molecule has 2 aromatic rings. The van der Waals surface area contributed by atoms with E-state index in [1.807, 2.05) is 18.2 Å². The Balaban J connectivity index is 1.88. The molecule has 4 heteroatoms. The van der Waals surface area contributed by atoms with E-state index in [1.54, 1.807) is 13.3 Å². The lowest BCUT2D eigenvalue weighted by atomic mass is 10.1. The van der Waals surface area contributed by atoms with Crippen molar-refractivity contribution in [2.75, 3.05) is 24.3 Å². The van der Waals surface area contributed by atoms with Crippen molar-refractivity contribution in [3.63, 3.8) is 0 Å². The van der Waals surface area contributed by atoms with Crippen molar-refractivity contribution in [1.29, 1.82) is 0 Å². The molecule has 1 aromatic heterocycles. The molecule has 19 heavy (non-hydrogen) atoms. The Morgan fingerprint density at radius 1 is 1.37 bits per heavy atom. The van der Waals surface area contributed by atoms with Gasteiger partial charge >= 0.3 is 0 Å². The lowest BCUT2D eigenvalue weighted by Gasteiger charge is -2.20. The first-order valence-electron chi connectivity index (χ1n) is 6.39. The summed E-state index contributed by atoms with van der Waals surface area (Å²) in [6.45, 7) is 1.81. The molecule has 3 rings (SSSR count). The lowest BCUT2D eigenvalue weighted by molar-refractivity contribution is 0.392. The Bertz CT molecular complexity index is 598. The number of hydrogen-bond acceptors (Lipinski definition) is 4. The number of pyridine rings is 1. The first-order valence-corrected chi connectivity index (χ1v) is 6.39. The number of hydrogen-bond donors (Lipinski definition) is 1. The van der Waals surface area contributed by atoms with Crippen LogP contribution < -0.4 is 15.4 Å². The van der Waals surface area contributed by atoms with Gasteiger partial charge in [-0.25, -0.2) is 4.98 Å². The number of nitrogens with zero attached hydrogens (tertiary/aromatic N) is 2. The van der Waals surface area contributed by atoms with Crippen molar-refractivity contribution in [1.82, 2.24) is 4.98 Å². The van der Waals surface area contributed by atoms with Crippen molar-refractivity contribution in [3.8, 4) is 5.88 Å². The van der Waals surface area contributed by atoms with Crippen LogP contribution in [0.4, 0.5) is 11.4 Å². The average molecular weight is 255 g/mol. The number of anilines is 2. The quantitative estimate of drug-likeness (QED) is 0.855. The van der Waals surface area contributed by atoms with E-state index < -0.39 is 0 Å². The van der Waals surface area contributed by atoms with Gasteiger partial charge in [0.1, 0.15) is 0 Å². The summed E-state index contributed by atoms with van der Waals surface area (Å²) in [5.74, 6) is 0.694. The van der Waals surface area contributed by atoms with Crippen LogP contribution in [-0.2, 0) is 13.0 Å². The van der Waals surface area contributed by atoms with E-state index in [4.69, 9.17) is 10.5 Å². The van der Waals surface area contributed by atoms with Crippen LogP contribution in [0.25, 0.3) is 0 Å². The number of fused-ring (bicyclic) bond motifs is 1. The molecule has 2 N–H and O–H groups in total. The van der Waals surface area contributed by atoms with Crippen molar-refractivity contribution in [2.24, 2.45) is 0 Å². The summed E-state index contributed by atoms with van der Waals surface area (Å²) in [4.78, 5) is 6.56. The standard InChI is InChI=1S/C15H17N3O/c1-19-15-12(3-2-7-17-15)10-18-8-6-11-4-5-13(16)9-14(11)18/h2-5,7,9H,6,8,10,16H2,1H3. The second-order valence-electron chi connectivity index (χ2n) is 4.73. The topological polar surface area (TPSA) is 51.4 Å². The normalized spacial score (nSPS) is 13.4. The minimum atomic E-state index is 0.694. The molecule has 0 aliphatic carbocycles. The molecule has 1 aliphatic rings. The van der Waals surface area contributed by atoms with Gasteiger partial charge < -0.3 is 15.4 Å². The average Bonchev–Trinajstić information content (AvgIpc) is 2.82. The van der Waals surface area contributed by atoms with Crippen molar-refractivity contribution in [3.05, 3.63) is 47.7 Å². The third-order valence-corrected chi connectivity index (χ3v) is 3.51. The number of ether oxygens (including phenoxy) is 1. The molecular weight excluding hydrogens is 238 g/mol. The molecule has 0 amide bonds. The molecule has 0 atom stereocenters. The van der Waals surface area contributed by atoms with E-state index in [9.17, 15) is 0 Å². The van der Waals surface area contributed by atoms with Gasteiger partial charge in [-0.1, -0.05) is 12.1 Å². The van der Waals surface area contributed by atoms with Gasteiger partial charge in [-0.15, -0.1) is 0 Å². The monoisotopic (exact) mass is 255 g/mol. The second-order valence-corrected chi connectivity index (χ2v) is 4.73. The maximum atomic E-state index is 5.88. The maximum Gasteiger partial charge on any atom is 0.218 e. The van der Waals surface area contributed by atoms with E-state index in [1.165, 1.54) is 11.3 Å². The summed E-state index contributed by atoms with van der Waals surface area (Å²) >= 11 is 0. The van der Waals surface area contributed by atoms with E-state index in [0.717, 1.165) is 30.8 Å². The van der Waals surface area contributed by atoms with Crippen LogP contribution in [0.15, 0.2) is 36.5 Å². The fraction of sp³-hybridized carbons (Fsp3) is 0.267. The van der Waals surface area contributed by atoms with Crippen molar-refractivity contribution < 1.29 is 4.74 Å². The Labute approximate surface area is 112 Å². The van der Waals surface area contributed by atoms with Crippen molar-refractivity contribution in [2.45, 2.75) is 13.0 Å². The number of nitrogen functional groups attached to an aromatic ring is 1. The van der Waals surface area contributed by atoms with E-state index in [-0.39, 0.29) is 0 Å². The Morgan fingerprint density at radius 3 is 3.11 bits per heavy atom. The highest BCUT2D eigenvalue weighted by atomic mass is 16.5. The van der Waals surface area contributed by atoms with Crippen LogP contribution in [-0.4, -0.2) is 18.6 Å². The molecule has 4 nitrogen and oxygen atoms in total. The molecule has 0 bridgehead atoms. The van der Waals surface area contributed by atoms with Gasteiger partial charge in [0, 0.05) is 36.2 Å². The lowest BCUT2D eigenvalue weighted by Crippen LogP contribution is -2.20. The van der Waals surface area contributed by atoms with Crippen LogP contribution >= 0.6 is 0 Å². The summed E-state index contributed by atoms with van der Waals surface area (Å²) < 4.78 is 5.30. The summed E-state index contributed by atoms with van der Waals surface area (Å²) in [6.07, 6.45) is 2.82. The second kappa shape index (κ2) is 4.80. The zero-order valence-electron chi connectivity index (χ0n) is 11.0. The molecule has 98 valence electrons. The Kier molecular flexibility index (Phi) is 2.99. The van der Waals surface area contributed by atoms with Gasteiger partial charge in [0.15, 0.2) is 0 Å². The molecule has 1 aliphatic heterocycles. The highest BCUT2D eigenvalue weighted by molar-refractivity contribution is 5.64. The zero-order chi connectivity index (χ0) is 13.2. The number of methoxy groups -OCH3 is 1. The maximum absolute atomic E-state index is 5.88. The molecule has 2 heterocycles. The van der Waals surface area contributed by atoms with Gasteiger partial charge in [0.05, 0.1) is 7.11 Å². The number of aromatic nitrogens is 1. The minimum Gasteiger partial charge on any atom is -0.481 e. The predicted molar refractivity (Wildman–Crippen MR) is 76.4 cm³/mol. The first-order chi connectivity index (χ1) is 9.28. The fourth-order valence-electron chi connectivity index (χ4n) is 2.56. The molecule has 0 spiro atoms. The summed E-state index contributed by atoms with van der Waals surface area (Å²) in [5.41, 5.74) is 10.4. The zero-order valence-corrected chi connectivity index (χ0v) is 11.0. The van der Waals surface area contributed by atoms with Crippen molar-refractivity contribution >= 4 is 11.4 Å². The van der Waals surface area contributed by atoms with Gasteiger partial charge in [-0.05, 0) is 30.2 Å². The van der Waals surface area contributed by atoms with Gasteiger partial charge in [-0.2, -0.15) is 0 Å². The smallest absolute Gasteiger partial charge is 0.218 e. The van der Waals surface area contributed by atoms with E-state index in [0.29, 0.717) is 5.88 Å². The molecule has 0 unspecified atom stereocenters. The number of rotatable bonds is 3. The van der Waals surface area contributed by atoms with Crippen LogP contribution in [0.3, 0.4) is 0 Å². The van der Waals surface area contributed by atoms with Crippen LogP contribution in [0.1, 0.15) is 11.1 Å². The fourth-order valence-corrected chi connectivity index (χ4v) is 2.56. The number of benzene rings is 1. The molecule has 1 aromatic carbocycles. The Hall–Kier alpha value is -2.23. The minimum absolute atomic E-state index is 0.694. The highest BCUT2D eigenvalue weighted by Crippen LogP contribution is 2.32. The summed E-state index contributed by atoms with van der Waals surface area (Å²) in [5, 5.41) is 0. The van der Waals surface area contributed by atoms with E-state index >= 15 is 0 Å². The summed E-state index contributed by atoms with van der Waals surface area (Å²) in [7, 11) is 1.65. The molecule has 0 fully saturated rings. The van der Waals surface area contributed by atoms with Gasteiger partial charge in [-0.3, -0.25) is 0 Å². The first kappa shape index (κ1) is 11.8. The van der Waals surface area contributed by atoms with Crippen LogP contribution in [0, 0.1) is 0 Å². The molecule has 0 saturated carbocycles. The SMILES string of the molecule is COc1ncccc1CN1CCc2ccc(N)cc21. The van der Waals surface area contributed by atoms with Gasteiger partial charge in [0.25, 0.3) is 0 Å². The van der Waals surface area contributed by atoms with Crippen LogP contribution in [0.2, 0.25) is 0 Å². The van der Waals surface area contributed by atoms with E-state index in [2.05, 4.69) is 22.0 Å².